The van der Waals surface area contributed by atoms with Crippen LogP contribution < -0.4 is 5.32 Å². The van der Waals surface area contributed by atoms with Crippen LogP contribution in [-0.4, -0.2) is 9.97 Å². The Kier molecular flexibility index (Phi) is 3.68. The Morgan fingerprint density at radius 1 is 1.25 bits per heavy atom. The van der Waals surface area contributed by atoms with Crippen molar-refractivity contribution in [2.45, 2.75) is 33.9 Å². The molecule has 0 aromatic carbocycles. The first-order valence-electron chi connectivity index (χ1n) is 5.19. The summed E-state index contributed by atoms with van der Waals surface area (Å²) >= 11 is 3.46. The van der Waals surface area contributed by atoms with Crippen molar-refractivity contribution >= 4 is 22.7 Å². The molecule has 0 saturated carbocycles. The maximum absolute atomic E-state index is 4.50. The van der Waals surface area contributed by atoms with Gasteiger partial charge in [0.05, 0.1) is 21.9 Å². The van der Waals surface area contributed by atoms with Gasteiger partial charge in [0.15, 0.2) is 0 Å². The molecule has 0 aliphatic rings. The molecule has 1 N–H and O–H groups in total. The number of thiazole rings is 2. The third kappa shape index (κ3) is 2.66. The molecule has 0 aliphatic carbocycles. The molecule has 0 amide bonds. The summed E-state index contributed by atoms with van der Waals surface area (Å²) in [5, 5.41) is 4.56. The van der Waals surface area contributed by atoms with Crippen molar-refractivity contribution in [3.63, 3.8) is 0 Å². The van der Waals surface area contributed by atoms with Crippen LogP contribution in [0.5, 0.6) is 0 Å². The van der Waals surface area contributed by atoms with Gasteiger partial charge in [0.25, 0.3) is 0 Å². The fourth-order valence-electron chi connectivity index (χ4n) is 1.53. The van der Waals surface area contributed by atoms with Gasteiger partial charge in [0.1, 0.15) is 0 Å². The zero-order valence-corrected chi connectivity index (χ0v) is 11.3. The lowest BCUT2D eigenvalue weighted by molar-refractivity contribution is 0.682. The molecule has 0 atom stereocenters. The third-order valence-electron chi connectivity index (χ3n) is 2.42. The second-order valence-corrected chi connectivity index (χ2v) is 6.05. The van der Waals surface area contributed by atoms with E-state index < -0.39 is 0 Å². The third-order valence-corrected chi connectivity index (χ3v) is 4.29. The maximum Gasteiger partial charge on any atom is 0.0900 e. The van der Waals surface area contributed by atoms with E-state index in [2.05, 4.69) is 29.1 Å². The van der Waals surface area contributed by atoms with Crippen molar-refractivity contribution in [1.82, 2.24) is 15.3 Å². The average Bonchev–Trinajstić information content (AvgIpc) is 2.75. The van der Waals surface area contributed by atoms with E-state index in [1.54, 1.807) is 22.7 Å². The van der Waals surface area contributed by atoms with Gasteiger partial charge in [0.2, 0.25) is 0 Å². The molecule has 0 fully saturated rings. The quantitative estimate of drug-likeness (QED) is 0.910. The summed E-state index contributed by atoms with van der Waals surface area (Å²) in [5.41, 5.74) is 4.19. The molecule has 2 rings (SSSR count). The second kappa shape index (κ2) is 5.03. The standard InChI is InChI=1S/C11H15N3S2/c1-7-11(15-6-13-7)5-12-4-10-8(2)16-9(3)14-10/h6,12H,4-5H2,1-3H3. The minimum Gasteiger partial charge on any atom is -0.306 e. The molecule has 16 heavy (non-hydrogen) atoms. The Bertz CT molecular complexity index is 473. The molecule has 0 unspecified atom stereocenters. The van der Waals surface area contributed by atoms with Gasteiger partial charge in [-0.25, -0.2) is 9.97 Å². The Morgan fingerprint density at radius 2 is 2.06 bits per heavy atom. The Hall–Kier alpha value is -0.780. The van der Waals surface area contributed by atoms with E-state index in [1.807, 2.05) is 12.4 Å². The van der Waals surface area contributed by atoms with E-state index in [-0.39, 0.29) is 0 Å². The topological polar surface area (TPSA) is 37.8 Å². The summed E-state index contributed by atoms with van der Waals surface area (Å²) in [6.45, 7) is 7.94. The summed E-state index contributed by atoms with van der Waals surface area (Å²) in [6.07, 6.45) is 0. The molecular weight excluding hydrogens is 238 g/mol. The van der Waals surface area contributed by atoms with Crippen LogP contribution in [0.4, 0.5) is 0 Å². The number of rotatable bonds is 4. The van der Waals surface area contributed by atoms with Crippen LogP contribution in [0.1, 0.15) is 26.1 Å². The summed E-state index contributed by atoms with van der Waals surface area (Å²) in [7, 11) is 0. The van der Waals surface area contributed by atoms with Crippen molar-refractivity contribution in [2.24, 2.45) is 0 Å². The molecule has 2 aromatic heterocycles. The van der Waals surface area contributed by atoms with E-state index in [1.165, 1.54) is 15.4 Å². The minimum atomic E-state index is 0.841. The van der Waals surface area contributed by atoms with Gasteiger partial charge >= 0.3 is 0 Å². The molecule has 2 heterocycles. The predicted octanol–water partition coefficient (Wildman–Crippen LogP) is 2.81. The largest absolute Gasteiger partial charge is 0.306 e. The predicted molar refractivity (Wildman–Crippen MR) is 69.0 cm³/mol. The Balaban J connectivity index is 1.89. The van der Waals surface area contributed by atoms with Gasteiger partial charge in [-0.05, 0) is 20.8 Å². The Labute approximate surface area is 104 Å². The van der Waals surface area contributed by atoms with Crippen molar-refractivity contribution in [1.29, 1.82) is 0 Å². The SMILES string of the molecule is Cc1nc(CNCc2scnc2C)c(C)s1. The monoisotopic (exact) mass is 253 g/mol. The van der Waals surface area contributed by atoms with Gasteiger partial charge in [-0.15, -0.1) is 22.7 Å². The summed E-state index contributed by atoms with van der Waals surface area (Å²) in [6, 6.07) is 0. The summed E-state index contributed by atoms with van der Waals surface area (Å²) < 4.78 is 0. The number of aryl methyl sites for hydroxylation is 3. The van der Waals surface area contributed by atoms with Crippen molar-refractivity contribution in [2.75, 3.05) is 0 Å². The normalized spacial score (nSPS) is 10.9. The highest BCUT2D eigenvalue weighted by Crippen LogP contribution is 2.16. The Morgan fingerprint density at radius 3 is 2.62 bits per heavy atom. The van der Waals surface area contributed by atoms with Crippen molar-refractivity contribution in [3.05, 3.63) is 31.7 Å². The second-order valence-electron chi connectivity index (χ2n) is 3.70. The number of nitrogens with zero attached hydrogens (tertiary/aromatic N) is 2. The highest BCUT2D eigenvalue weighted by atomic mass is 32.1. The minimum absolute atomic E-state index is 0.841. The van der Waals surface area contributed by atoms with Crippen LogP contribution in [0.15, 0.2) is 5.51 Å². The van der Waals surface area contributed by atoms with Crippen molar-refractivity contribution in [3.8, 4) is 0 Å². The van der Waals surface area contributed by atoms with Gasteiger partial charge in [-0.3, -0.25) is 0 Å². The van der Waals surface area contributed by atoms with Crippen LogP contribution in [-0.2, 0) is 13.1 Å². The molecule has 0 radical (unpaired) electrons. The van der Waals surface area contributed by atoms with Crippen LogP contribution in [0.25, 0.3) is 0 Å². The lowest BCUT2D eigenvalue weighted by atomic mass is 10.3. The van der Waals surface area contributed by atoms with Gasteiger partial charge < -0.3 is 5.32 Å². The summed E-state index contributed by atoms with van der Waals surface area (Å²) in [5.74, 6) is 0. The van der Waals surface area contributed by atoms with Gasteiger partial charge in [0, 0.05) is 22.8 Å². The van der Waals surface area contributed by atoms with Crippen LogP contribution in [0, 0.1) is 20.8 Å². The number of aromatic nitrogens is 2. The fraction of sp³-hybridized carbons (Fsp3) is 0.455. The van der Waals surface area contributed by atoms with Gasteiger partial charge in [-0.2, -0.15) is 0 Å². The lowest BCUT2D eigenvalue weighted by Crippen LogP contribution is -2.13. The first-order valence-corrected chi connectivity index (χ1v) is 6.89. The average molecular weight is 253 g/mol. The van der Waals surface area contributed by atoms with Crippen LogP contribution in [0.2, 0.25) is 0 Å². The fourth-order valence-corrected chi connectivity index (χ4v) is 3.11. The molecule has 0 spiro atoms. The molecule has 86 valence electrons. The first kappa shape index (κ1) is 11.7. The molecule has 2 aromatic rings. The van der Waals surface area contributed by atoms with Crippen LogP contribution in [0.3, 0.4) is 0 Å². The van der Waals surface area contributed by atoms with Crippen molar-refractivity contribution < 1.29 is 0 Å². The van der Waals surface area contributed by atoms with Gasteiger partial charge in [-0.1, -0.05) is 0 Å². The number of nitrogens with one attached hydrogen (secondary N) is 1. The van der Waals surface area contributed by atoms with E-state index in [9.17, 15) is 0 Å². The van der Waals surface area contributed by atoms with Crippen LogP contribution >= 0.6 is 22.7 Å². The molecular formula is C11H15N3S2. The zero-order valence-electron chi connectivity index (χ0n) is 9.70. The summed E-state index contributed by atoms with van der Waals surface area (Å²) in [4.78, 5) is 11.3. The highest BCUT2D eigenvalue weighted by molar-refractivity contribution is 7.11. The molecule has 5 heteroatoms. The lowest BCUT2D eigenvalue weighted by Gasteiger charge is -2.02. The number of hydrogen-bond acceptors (Lipinski definition) is 5. The smallest absolute Gasteiger partial charge is 0.0900 e. The maximum atomic E-state index is 4.50. The van der Waals surface area contributed by atoms with E-state index >= 15 is 0 Å². The first-order chi connectivity index (χ1) is 7.66. The molecule has 0 bridgehead atoms. The van der Waals surface area contributed by atoms with E-state index in [0.717, 1.165) is 23.8 Å². The molecule has 0 aliphatic heterocycles. The molecule has 0 saturated heterocycles. The zero-order chi connectivity index (χ0) is 11.5. The highest BCUT2D eigenvalue weighted by Gasteiger charge is 2.05. The van der Waals surface area contributed by atoms with E-state index in [4.69, 9.17) is 0 Å². The van der Waals surface area contributed by atoms with E-state index in [0.29, 0.717) is 0 Å². The number of hydrogen-bond donors (Lipinski definition) is 1. The molecule has 3 nitrogen and oxygen atoms in total.